The average Bonchev–Trinajstić information content (AvgIpc) is 3.35. The lowest BCUT2D eigenvalue weighted by atomic mass is 9.98. The SMILES string of the molecule is C#CCN(CC(=O)N[C@](C)(C#N)C1CC1)[C@@H]1CCc2ccccc21. The van der Waals surface area contributed by atoms with Crippen LogP contribution in [0, 0.1) is 29.6 Å². The van der Waals surface area contributed by atoms with Crippen LogP contribution in [0.2, 0.25) is 0 Å². The molecule has 0 unspecified atom stereocenters. The van der Waals surface area contributed by atoms with Crippen molar-refractivity contribution in [1.82, 2.24) is 10.2 Å². The van der Waals surface area contributed by atoms with Crippen LogP contribution in [0.4, 0.5) is 0 Å². The lowest BCUT2D eigenvalue weighted by Gasteiger charge is -2.29. The van der Waals surface area contributed by atoms with Crippen LogP contribution in [0.1, 0.15) is 43.4 Å². The zero-order chi connectivity index (χ0) is 17.2. The monoisotopic (exact) mass is 321 g/mol. The van der Waals surface area contributed by atoms with Gasteiger partial charge in [-0.05, 0) is 49.7 Å². The summed E-state index contributed by atoms with van der Waals surface area (Å²) in [5.41, 5.74) is 1.85. The van der Waals surface area contributed by atoms with Crippen LogP contribution in [-0.4, -0.2) is 29.4 Å². The second kappa shape index (κ2) is 6.67. The molecule has 0 bridgehead atoms. The van der Waals surface area contributed by atoms with Crippen molar-refractivity contribution in [2.24, 2.45) is 5.92 Å². The predicted octanol–water partition coefficient (Wildman–Crippen LogP) is 2.42. The molecule has 124 valence electrons. The van der Waals surface area contributed by atoms with Crippen molar-refractivity contribution in [3.63, 3.8) is 0 Å². The molecule has 2 atom stereocenters. The average molecular weight is 321 g/mol. The molecule has 0 aromatic heterocycles. The summed E-state index contributed by atoms with van der Waals surface area (Å²) in [6.07, 6.45) is 9.54. The Balaban J connectivity index is 1.70. The fraction of sp³-hybridized carbons (Fsp3) is 0.500. The van der Waals surface area contributed by atoms with Crippen molar-refractivity contribution in [3.8, 4) is 18.4 Å². The zero-order valence-electron chi connectivity index (χ0n) is 14.1. The van der Waals surface area contributed by atoms with Gasteiger partial charge in [0.05, 0.1) is 19.2 Å². The molecule has 1 aromatic rings. The van der Waals surface area contributed by atoms with Gasteiger partial charge < -0.3 is 5.32 Å². The van der Waals surface area contributed by atoms with Gasteiger partial charge in [-0.1, -0.05) is 30.2 Å². The molecule has 24 heavy (non-hydrogen) atoms. The van der Waals surface area contributed by atoms with Crippen LogP contribution < -0.4 is 5.32 Å². The molecular formula is C20H23N3O. The van der Waals surface area contributed by atoms with E-state index in [1.165, 1.54) is 11.1 Å². The molecule has 0 aliphatic heterocycles. The molecule has 0 saturated heterocycles. The summed E-state index contributed by atoms with van der Waals surface area (Å²) in [7, 11) is 0. The first kappa shape index (κ1) is 16.6. The largest absolute Gasteiger partial charge is 0.337 e. The third kappa shape index (κ3) is 3.30. The Hall–Kier alpha value is -2.30. The first-order valence-corrected chi connectivity index (χ1v) is 8.55. The molecule has 2 aliphatic carbocycles. The topological polar surface area (TPSA) is 56.1 Å². The summed E-state index contributed by atoms with van der Waals surface area (Å²) in [6, 6.07) is 10.8. The second-order valence-electron chi connectivity index (χ2n) is 7.00. The van der Waals surface area contributed by atoms with E-state index in [0.29, 0.717) is 6.54 Å². The molecule has 2 aliphatic rings. The van der Waals surface area contributed by atoms with Gasteiger partial charge in [0, 0.05) is 6.04 Å². The number of hydrogen-bond acceptors (Lipinski definition) is 3. The zero-order valence-corrected chi connectivity index (χ0v) is 14.1. The molecule has 1 aromatic carbocycles. The maximum Gasteiger partial charge on any atom is 0.235 e. The smallest absolute Gasteiger partial charge is 0.235 e. The summed E-state index contributed by atoms with van der Waals surface area (Å²) >= 11 is 0. The van der Waals surface area contributed by atoms with Crippen molar-refractivity contribution in [3.05, 3.63) is 35.4 Å². The highest BCUT2D eigenvalue weighted by Crippen LogP contribution is 2.39. The summed E-state index contributed by atoms with van der Waals surface area (Å²) in [5.74, 6) is 2.83. The first-order valence-electron chi connectivity index (χ1n) is 8.55. The normalized spacial score (nSPS) is 21.4. The van der Waals surface area contributed by atoms with Crippen molar-refractivity contribution in [2.45, 2.75) is 44.2 Å². The van der Waals surface area contributed by atoms with E-state index < -0.39 is 5.54 Å². The summed E-state index contributed by atoms with van der Waals surface area (Å²) in [4.78, 5) is 14.6. The number of nitriles is 1. The fourth-order valence-corrected chi connectivity index (χ4v) is 3.70. The Kier molecular flexibility index (Phi) is 4.60. The molecule has 3 rings (SSSR count). The molecule has 4 heteroatoms. The van der Waals surface area contributed by atoms with Gasteiger partial charge in [0.15, 0.2) is 0 Å². The minimum absolute atomic E-state index is 0.120. The van der Waals surface area contributed by atoms with Crippen LogP contribution in [0.5, 0.6) is 0 Å². The highest BCUT2D eigenvalue weighted by molar-refractivity contribution is 5.79. The first-order chi connectivity index (χ1) is 11.6. The fourth-order valence-electron chi connectivity index (χ4n) is 3.70. The lowest BCUT2D eigenvalue weighted by Crippen LogP contribution is -2.50. The maximum absolute atomic E-state index is 12.5. The molecule has 1 fully saturated rings. The molecule has 0 spiro atoms. The van der Waals surface area contributed by atoms with Gasteiger partial charge in [0.1, 0.15) is 5.54 Å². The third-order valence-electron chi connectivity index (χ3n) is 5.21. The minimum Gasteiger partial charge on any atom is -0.337 e. The van der Waals surface area contributed by atoms with Crippen LogP contribution in [0.25, 0.3) is 0 Å². The van der Waals surface area contributed by atoms with Gasteiger partial charge in [-0.25, -0.2) is 0 Å². The van der Waals surface area contributed by atoms with Crippen LogP contribution in [0.15, 0.2) is 24.3 Å². The van der Waals surface area contributed by atoms with Gasteiger partial charge in [-0.3, -0.25) is 9.69 Å². The molecule has 1 saturated carbocycles. The minimum atomic E-state index is -0.757. The van der Waals surface area contributed by atoms with Crippen LogP contribution in [-0.2, 0) is 11.2 Å². The van der Waals surface area contributed by atoms with E-state index >= 15 is 0 Å². The highest BCUT2D eigenvalue weighted by atomic mass is 16.2. The number of nitrogens with zero attached hydrogens (tertiary/aromatic N) is 2. The van der Waals surface area contributed by atoms with E-state index in [2.05, 4.69) is 29.4 Å². The molecular weight excluding hydrogens is 298 g/mol. The van der Waals surface area contributed by atoms with Crippen molar-refractivity contribution >= 4 is 5.91 Å². The second-order valence-corrected chi connectivity index (χ2v) is 7.00. The Morgan fingerprint density at radius 3 is 2.83 bits per heavy atom. The van der Waals surface area contributed by atoms with E-state index in [1.807, 2.05) is 24.0 Å². The predicted molar refractivity (Wildman–Crippen MR) is 92.8 cm³/mol. The number of amides is 1. The summed E-state index contributed by atoms with van der Waals surface area (Å²) in [6.45, 7) is 2.48. The van der Waals surface area contributed by atoms with Gasteiger partial charge in [0.2, 0.25) is 5.91 Å². The Morgan fingerprint density at radius 2 is 2.17 bits per heavy atom. The van der Waals surface area contributed by atoms with Crippen LogP contribution in [0.3, 0.4) is 0 Å². The standard InChI is InChI=1S/C20H23N3O/c1-3-12-23(18-11-8-15-6-4-5-7-17(15)18)13-19(24)22-20(2,14-21)16-9-10-16/h1,4-7,16,18H,8-13H2,2H3,(H,22,24)/t18-,20-/m1/s1. The van der Waals surface area contributed by atoms with Gasteiger partial charge in [0.25, 0.3) is 0 Å². The van der Waals surface area contributed by atoms with E-state index in [-0.39, 0.29) is 24.4 Å². The quantitative estimate of drug-likeness (QED) is 0.819. The molecule has 4 nitrogen and oxygen atoms in total. The Bertz CT molecular complexity index is 710. The molecule has 0 heterocycles. The van der Waals surface area contributed by atoms with Gasteiger partial charge >= 0.3 is 0 Å². The number of terminal acetylenes is 1. The van der Waals surface area contributed by atoms with E-state index in [4.69, 9.17) is 6.42 Å². The third-order valence-corrected chi connectivity index (χ3v) is 5.21. The molecule has 1 N–H and O–H groups in total. The van der Waals surface area contributed by atoms with E-state index in [9.17, 15) is 10.1 Å². The Morgan fingerprint density at radius 1 is 1.42 bits per heavy atom. The van der Waals surface area contributed by atoms with Gasteiger partial charge in [-0.15, -0.1) is 6.42 Å². The number of carbonyl (C=O) groups excluding carboxylic acids is 1. The maximum atomic E-state index is 12.5. The summed E-state index contributed by atoms with van der Waals surface area (Å²) < 4.78 is 0. The van der Waals surface area contributed by atoms with Crippen molar-refractivity contribution < 1.29 is 4.79 Å². The van der Waals surface area contributed by atoms with Crippen molar-refractivity contribution in [1.29, 1.82) is 5.26 Å². The van der Waals surface area contributed by atoms with Gasteiger partial charge in [-0.2, -0.15) is 5.26 Å². The number of carbonyl (C=O) groups is 1. The number of benzene rings is 1. The number of nitrogens with one attached hydrogen (secondary N) is 1. The lowest BCUT2D eigenvalue weighted by molar-refractivity contribution is -0.124. The van der Waals surface area contributed by atoms with Crippen molar-refractivity contribution in [2.75, 3.05) is 13.1 Å². The number of fused-ring (bicyclic) bond motifs is 1. The van der Waals surface area contributed by atoms with E-state index in [1.54, 1.807) is 0 Å². The molecule has 1 amide bonds. The number of aryl methyl sites for hydroxylation is 1. The van der Waals surface area contributed by atoms with Crippen LogP contribution >= 0.6 is 0 Å². The summed E-state index contributed by atoms with van der Waals surface area (Å²) in [5, 5.41) is 12.3. The Labute approximate surface area is 143 Å². The highest BCUT2D eigenvalue weighted by Gasteiger charge is 2.43. The number of hydrogen-bond donors (Lipinski definition) is 1. The number of rotatable bonds is 6. The molecule has 0 radical (unpaired) electrons. The van der Waals surface area contributed by atoms with E-state index in [0.717, 1.165) is 25.7 Å².